The zero-order valence-electron chi connectivity index (χ0n) is 12.7. The minimum atomic E-state index is -0.0202. The molecule has 2 rings (SSSR count). The second-order valence-electron chi connectivity index (χ2n) is 5.60. The third-order valence-corrected chi connectivity index (χ3v) is 4.85. The van der Waals surface area contributed by atoms with Gasteiger partial charge < -0.3 is 10.1 Å². The summed E-state index contributed by atoms with van der Waals surface area (Å²) in [5.74, 6) is 0.313. The highest BCUT2D eigenvalue weighted by molar-refractivity contribution is 5.76. The molecule has 0 bridgehead atoms. The highest BCUT2D eigenvalue weighted by Gasteiger charge is 2.58. The van der Waals surface area contributed by atoms with E-state index in [0.717, 1.165) is 12.8 Å². The van der Waals surface area contributed by atoms with E-state index >= 15 is 0 Å². The molecule has 20 heavy (non-hydrogen) atoms. The number of methoxy groups -OCH3 is 1. The van der Waals surface area contributed by atoms with Crippen LogP contribution in [0.15, 0.2) is 12.4 Å². The van der Waals surface area contributed by atoms with E-state index in [1.165, 1.54) is 4.68 Å². The minimum Gasteiger partial charge on any atom is -0.380 e. The molecule has 1 aromatic rings. The first-order valence-corrected chi connectivity index (χ1v) is 7.25. The summed E-state index contributed by atoms with van der Waals surface area (Å²) in [6.07, 6.45) is 5.48. The lowest BCUT2D eigenvalue weighted by atomic mass is 9.53. The van der Waals surface area contributed by atoms with E-state index in [9.17, 15) is 4.79 Å². The van der Waals surface area contributed by atoms with Gasteiger partial charge in [0.05, 0.1) is 12.3 Å². The van der Waals surface area contributed by atoms with E-state index in [1.54, 1.807) is 19.5 Å². The Kier molecular flexibility index (Phi) is 4.42. The standard InChI is InChI=1S/C14H24N4O2/c1-5-14(6-2)12(10(3)13(14)20-4)16-11(19)9-18-8-7-15-17-18/h7-8,10,12-13H,5-6,9H2,1-4H3,(H,16,19). The predicted molar refractivity (Wildman–Crippen MR) is 74.9 cm³/mol. The van der Waals surface area contributed by atoms with Crippen LogP contribution in [0.3, 0.4) is 0 Å². The Labute approximate surface area is 119 Å². The van der Waals surface area contributed by atoms with Crippen molar-refractivity contribution in [2.75, 3.05) is 7.11 Å². The number of aromatic nitrogens is 3. The van der Waals surface area contributed by atoms with Crippen LogP contribution < -0.4 is 5.32 Å². The Morgan fingerprint density at radius 2 is 2.15 bits per heavy atom. The van der Waals surface area contributed by atoms with E-state index in [2.05, 4.69) is 36.4 Å². The number of nitrogens with zero attached hydrogens (tertiary/aromatic N) is 3. The van der Waals surface area contributed by atoms with Crippen molar-refractivity contribution in [2.45, 2.75) is 52.3 Å². The Morgan fingerprint density at radius 3 is 2.65 bits per heavy atom. The van der Waals surface area contributed by atoms with Crippen LogP contribution in [0.1, 0.15) is 33.6 Å². The lowest BCUT2D eigenvalue weighted by Gasteiger charge is -2.59. The molecule has 1 heterocycles. The van der Waals surface area contributed by atoms with Gasteiger partial charge in [0, 0.05) is 30.7 Å². The quantitative estimate of drug-likeness (QED) is 0.851. The number of hydrogen-bond donors (Lipinski definition) is 1. The fourth-order valence-electron chi connectivity index (χ4n) is 3.78. The maximum atomic E-state index is 12.1. The van der Waals surface area contributed by atoms with Gasteiger partial charge in [0.15, 0.2) is 0 Å². The van der Waals surface area contributed by atoms with Gasteiger partial charge in [-0.15, -0.1) is 5.10 Å². The molecule has 1 aromatic heterocycles. The van der Waals surface area contributed by atoms with E-state index in [-0.39, 0.29) is 30.0 Å². The summed E-state index contributed by atoms with van der Waals surface area (Å²) < 4.78 is 7.17. The smallest absolute Gasteiger partial charge is 0.242 e. The van der Waals surface area contributed by atoms with Gasteiger partial charge in [-0.1, -0.05) is 26.0 Å². The predicted octanol–water partition coefficient (Wildman–Crippen LogP) is 1.23. The third-order valence-electron chi connectivity index (χ3n) is 4.85. The molecule has 0 aromatic carbocycles. The largest absolute Gasteiger partial charge is 0.380 e. The molecule has 112 valence electrons. The molecule has 1 fully saturated rings. The molecule has 0 spiro atoms. The van der Waals surface area contributed by atoms with Crippen molar-refractivity contribution in [3.05, 3.63) is 12.4 Å². The number of amides is 1. The van der Waals surface area contributed by atoms with Crippen LogP contribution in [0.4, 0.5) is 0 Å². The molecular weight excluding hydrogens is 256 g/mol. The van der Waals surface area contributed by atoms with Crippen LogP contribution in [0.5, 0.6) is 0 Å². The topological polar surface area (TPSA) is 69.0 Å². The third kappa shape index (κ3) is 2.32. The molecule has 1 amide bonds. The molecule has 3 atom stereocenters. The van der Waals surface area contributed by atoms with E-state index in [4.69, 9.17) is 4.74 Å². The Balaban J connectivity index is 2.02. The molecule has 0 saturated heterocycles. The van der Waals surface area contributed by atoms with Crippen molar-refractivity contribution < 1.29 is 9.53 Å². The van der Waals surface area contributed by atoms with Gasteiger partial charge in [-0.2, -0.15) is 0 Å². The summed E-state index contributed by atoms with van der Waals surface area (Å²) in [4.78, 5) is 12.1. The number of ether oxygens (including phenoxy) is 1. The van der Waals surface area contributed by atoms with Gasteiger partial charge in [0.25, 0.3) is 0 Å². The van der Waals surface area contributed by atoms with Crippen molar-refractivity contribution in [1.82, 2.24) is 20.3 Å². The van der Waals surface area contributed by atoms with Gasteiger partial charge >= 0.3 is 0 Å². The zero-order chi connectivity index (χ0) is 14.8. The minimum absolute atomic E-state index is 0.0202. The van der Waals surface area contributed by atoms with Gasteiger partial charge in [-0.3, -0.25) is 4.79 Å². The Hall–Kier alpha value is -1.43. The molecule has 1 aliphatic rings. The van der Waals surface area contributed by atoms with Crippen LogP contribution in [0.2, 0.25) is 0 Å². The highest BCUT2D eigenvalue weighted by Crippen LogP contribution is 2.52. The van der Waals surface area contributed by atoms with Crippen molar-refractivity contribution in [1.29, 1.82) is 0 Å². The molecule has 1 saturated carbocycles. The van der Waals surface area contributed by atoms with Gasteiger partial charge in [0.2, 0.25) is 5.91 Å². The maximum Gasteiger partial charge on any atom is 0.242 e. The van der Waals surface area contributed by atoms with E-state index in [1.807, 2.05) is 0 Å². The first-order valence-electron chi connectivity index (χ1n) is 7.25. The normalized spacial score (nSPS) is 27.9. The van der Waals surface area contributed by atoms with E-state index < -0.39 is 0 Å². The summed E-state index contributed by atoms with van der Waals surface area (Å²) in [5, 5.41) is 10.7. The van der Waals surface area contributed by atoms with Crippen LogP contribution in [-0.4, -0.2) is 40.2 Å². The first-order chi connectivity index (χ1) is 9.58. The fraction of sp³-hybridized carbons (Fsp3) is 0.786. The summed E-state index contributed by atoms with van der Waals surface area (Å²) in [5.41, 5.74) is 0.0478. The molecule has 6 heteroatoms. The van der Waals surface area contributed by atoms with Crippen molar-refractivity contribution in [3.63, 3.8) is 0 Å². The van der Waals surface area contributed by atoms with Crippen LogP contribution in [-0.2, 0) is 16.1 Å². The number of rotatable bonds is 6. The van der Waals surface area contributed by atoms with Crippen LogP contribution >= 0.6 is 0 Å². The molecule has 1 aliphatic carbocycles. The van der Waals surface area contributed by atoms with E-state index in [0.29, 0.717) is 5.92 Å². The molecule has 3 unspecified atom stereocenters. The molecule has 1 N–H and O–H groups in total. The number of nitrogens with one attached hydrogen (secondary N) is 1. The fourth-order valence-corrected chi connectivity index (χ4v) is 3.78. The summed E-state index contributed by atoms with van der Waals surface area (Å²) in [6, 6.07) is 0.165. The summed E-state index contributed by atoms with van der Waals surface area (Å²) in [6.45, 7) is 6.68. The second-order valence-corrected chi connectivity index (χ2v) is 5.60. The average molecular weight is 280 g/mol. The van der Waals surface area contributed by atoms with Gasteiger partial charge in [-0.25, -0.2) is 4.68 Å². The molecule has 0 aliphatic heterocycles. The SMILES string of the molecule is CCC1(CC)C(NC(=O)Cn2ccnn2)C(C)C1OC. The van der Waals surface area contributed by atoms with Crippen molar-refractivity contribution in [3.8, 4) is 0 Å². The lowest BCUT2D eigenvalue weighted by Crippen LogP contribution is -2.70. The number of carbonyl (C=O) groups excluding carboxylic acids is 1. The Morgan fingerprint density at radius 1 is 1.45 bits per heavy atom. The molecule has 0 radical (unpaired) electrons. The zero-order valence-corrected chi connectivity index (χ0v) is 12.7. The monoisotopic (exact) mass is 280 g/mol. The number of carbonyl (C=O) groups is 1. The van der Waals surface area contributed by atoms with Crippen molar-refractivity contribution in [2.24, 2.45) is 11.3 Å². The number of hydrogen-bond acceptors (Lipinski definition) is 4. The highest BCUT2D eigenvalue weighted by atomic mass is 16.5. The first kappa shape index (κ1) is 15.0. The van der Waals surface area contributed by atoms with Crippen molar-refractivity contribution >= 4 is 5.91 Å². The second kappa shape index (κ2) is 5.91. The van der Waals surface area contributed by atoms with Crippen LogP contribution in [0, 0.1) is 11.3 Å². The Bertz CT molecular complexity index is 442. The lowest BCUT2D eigenvalue weighted by molar-refractivity contribution is -0.172. The summed E-state index contributed by atoms with van der Waals surface area (Å²) >= 11 is 0. The van der Waals surface area contributed by atoms with Gasteiger partial charge in [-0.05, 0) is 12.8 Å². The average Bonchev–Trinajstić information content (AvgIpc) is 2.94. The molecule has 6 nitrogen and oxygen atoms in total. The van der Waals surface area contributed by atoms with Crippen LogP contribution in [0.25, 0.3) is 0 Å². The van der Waals surface area contributed by atoms with Gasteiger partial charge in [0.1, 0.15) is 6.54 Å². The molecular formula is C14H24N4O2. The maximum absolute atomic E-state index is 12.1. The summed E-state index contributed by atoms with van der Waals surface area (Å²) in [7, 11) is 1.76.